The van der Waals surface area contributed by atoms with E-state index in [-0.39, 0.29) is 12.7 Å². The third-order valence-corrected chi connectivity index (χ3v) is 4.80. The van der Waals surface area contributed by atoms with Crippen LogP contribution in [0.5, 0.6) is 11.5 Å². The Morgan fingerprint density at radius 1 is 1.20 bits per heavy atom. The minimum atomic E-state index is 0.164. The number of carbonyl (C=O) groups is 1. The fraction of sp³-hybridized carbons (Fsp3) is 0.368. The second-order valence-corrected chi connectivity index (χ2v) is 6.65. The van der Waals surface area contributed by atoms with Crippen molar-refractivity contribution in [3.63, 3.8) is 0 Å². The molecule has 1 fully saturated rings. The molecular weight excluding hydrogens is 318 g/mol. The Bertz CT molecular complexity index is 776. The first-order valence-corrected chi connectivity index (χ1v) is 8.54. The van der Waals surface area contributed by atoms with Gasteiger partial charge in [-0.3, -0.25) is 4.79 Å². The van der Waals surface area contributed by atoms with Gasteiger partial charge >= 0.3 is 0 Å². The summed E-state index contributed by atoms with van der Waals surface area (Å²) in [6, 6.07) is 9.53. The van der Waals surface area contributed by atoms with E-state index < -0.39 is 0 Å². The van der Waals surface area contributed by atoms with Gasteiger partial charge in [0.25, 0.3) is 0 Å². The molecule has 1 aromatic carbocycles. The normalized spacial score (nSPS) is 18.6. The third-order valence-electron chi connectivity index (χ3n) is 4.80. The zero-order chi connectivity index (χ0) is 17.2. The second-order valence-electron chi connectivity index (χ2n) is 6.65. The molecule has 1 aromatic heterocycles. The molecule has 0 bridgehead atoms. The highest BCUT2D eigenvalue weighted by Crippen LogP contribution is 2.33. The molecule has 0 spiro atoms. The minimum Gasteiger partial charge on any atom is -0.454 e. The van der Waals surface area contributed by atoms with Gasteiger partial charge in [0.05, 0.1) is 6.42 Å². The number of benzene rings is 1. The van der Waals surface area contributed by atoms with Crippen LogP contribution in [0.4, 0.5) is 5.82 Å². The number of nitrogens with two attached hydrogens (primary N) is 1. The van der Waals surface area contributed by atoms with Gasteiger partial charge in [0.1, 0.15) is 5.82 Å². The van der Waals surface area contributed by atoms with Crippen LogP contribution < -0.4 is 15.2 Å². The summed E-state index contributed by atoms with van der Waals surface area (Å²) in [5, 5.41) is 0. The van der Waals surface area contributed by atoms with Crippen molar-refractivity contribution >= 4 is 11.7 Å². The SMILES string of the molecule is Nc1ccc(CC2CCN(C(=O)Cc3ccc4c(c3)OCO4)C2)cn1. The van der Waals surface area contributed by atoms with Crippen LogP contribution in [0.15, 0.2) is 36.5 Å². The summed E-state index contributed by atoms with van der Waals surface area (Å²) in [5.74, 6) is 2.65. The zero-order valence-corrected chi connectivity index (χ0v) is 14.0. The molecule has 6 nitrogen and oxygen atoms in total. The average molecular weight is 339 g/mol. The molecule has 1 saturated heterocycles. The molecule has 2 N–H and O–H groups in total. The minimum absolute atomic E-state index is 0.164. The fourth-order valence-corrected chi connectivity index (χ4v) is 3.45. The highest BCUT2D eigenvalue weighted by Gasteiger charge is 2.26. The predicted molar refractivity (Wildman–Crippen MR) is 93.3 cm³/mol. The number of carbonyl (C=O) groups excluding carboxylic acids is 1. The number of likely N-dealkylation sites (tertiary alicyclic amines) is 1. The number of amides is 1. The number of fused-ring (bicyclic) bond motifs is 1. The largest absolute Gasteiger partial charge is 0.454 e. The first-order valence-electron chi connectivity index (χ1n) is 8.54. The monoisotopic (exact) mass is 339 g/mol. The number of rotatable bonds is 4. The van der Waals surface area contributed by atoms with Gasteiger partial charge in [-0.15, -0.1) is 0 Å². The smallest absolute Gasteiger partial charge is 0.231 e. The molecule has 1 atom stereocenters. The summed E-state index contributed by atoms with van der Waals surface area (Å²) in [6.07, 6.45) is 4.18. The average Bonchev–Trinajstić information content (AvgIpc) is 3.26. The van der Waals surface area contributed by atoms with Gasteiger partial charge in [-0.2, -0.15) is 0 Å². The Hall–Kier alpha value is -2.76. The number of nitrogen functional groups attached to an aromatic ring is 1. The fourth-order valence-electron chi connectivity index (χ4n) is 3.45. The van der Waals surface area contributed by atoms with E-state index in [0.29, 0.717) is 18.2 Å². The van der Waals surface area contributed by atoms with E-state index >= 15 is 0 Å². The summed E-state index contributed by atoms with van der Waals surface area (Å²) >= 11 is 0. The van der Waals surface area contributed by atoms with E-state index in [4.69, 9.17) is 15.2 Å². The van der Waals surface area contributed by atoms with Crippen LogP contribution in [0.1, 0.15) is 17.5 Å². The van der Waals surface area contributed by atoms with E-state index in [9.17, 15) is 4.79 Å². The lowest BCUT2D eigenvalue weighted by Gasteiger charge is -2.17. The van der Waals surface area contributed by atoms with Crippen LogP contribution in [-0.2, 0) is 17.6 Å². The van der Waals surface area contributed by atoms with Gasteiger partial charge in [-0.1, -0.05) is 12.1 Å². The molecule has 0 radical (unpaired) electrons. The first kappa shape index (κ1) is 15.7. The molecule has 1 amide bonds. The quantitative estimate of drug-likeness (QED) is 0.922. The molecule has 25 heavy (non-hydrogen) atoms. The summed E-state index contributed by atoms with van der Waals surface area (Å²) in [4.78, 5) is 18.7. The molecule has 0 aliphatic carbocycles. The molecule has 4 rings (SSSR count). The molecule has 1 unspecified atom stereocenters. The zero-order valence-electron chi connectivity index (χ0n) is 14.0. The molecular formula is C19H21N3O3. The van der Waals surface area contributed by atoms with Gasteiger partial charge in [0.15, 0.2) is 11.5 Å². The maximum Gasteiger partial charge on any atom is 0.231 e. The lowest BCUT2D eigenvalue weighted by atomic mass is 10.00. The van der Waals surface area contributed by atoms with E-state index in [1.165, 1.54) is 5.56 Å². The molecule has 0 saturated carbocycles. The number of hydrogen-bond donors (Lipinski definition) is 1. The Kier molecular flexibility index (Phi) is 4.17. The first-order chi connectivity index (χ1) is 12.2. The number of pyridine rings is 1. The standard InChI is InChI=1S/C19H21N3O3/c20-18-4-2-14(10-21-18)7-15-5-6-22(11-15)19(23)9-13-1-3-16-17(8-13)25-12-24-16/h1-4,8,10,15H,5-7,9,11-12H2,(H2,20,21). The van der Waals surface area contributed by atoms with Gasteiger partial charge in [-0.05, 0) is 48.1 Å². The van der Waals surface area contributed by atoms with Crippen molar-refractivity contribution in [2.45, 2.75) is 19.3 Å². The Morgan fingerprint density at radius 3 is 2.88 bits per heavy atom. The van der Waals surface area contributed by atoms with E-state index in [1.54, 1.807) is 0 Å². The summed E-state index contributed by atoms with van der Waals surface area (Å²) < 4.78 is 10.7. The highest BCUT2D eigenvalue weighted by atomic mass is 16.7. The predicted octanol–water partition coefficient (Wildman–Crippen LogP) is 2.03. The van der Waals surface area contributed by atoms with E-state index in [2.05, 4.69) is 4.98 Å². The van der Waals surface area contributed by atoms with Crippen LogP contribution in [0.2, 0.25) is 0 Å². The Balaban J connectivity index is 1.33. The summed E-state index contributed by atoms with van der Waals surface area (Å²) in [7, 11) is 0. The molecule has 6 heteroatoms. The van der Waals surface area contributed by atoms with Crippen molar-refractivity contribution in [2.75, 3.05) is 25.6 Å². The summed E-state index contributed by atoms with van der Waals surface area (Å²) in [5.41, 5.74) is 7.75. The van der Waals surface area contributed by atoms with Gasteiger partial charge in [-0.25, -0.2) is 4.98 Å². The number of nitrogens with zero attached hydrogens (tertiary/aromatic N) is 2. The molecule has 3 heterocycles. The van der Waals surface area contributed by atoms with Gasteiger partial charge in [0, 0.05) is 19.3 Å². The van der Waals surface area contributed by atoms with E-state index in [0.717, 1.165) is 43.0 Å². The van der Waals surface area contributed by atoms with Gasteiger partial charge < -0.3 is 20.1 Å². The van der Waals surface area contributed by atoms with Crippen LogP contribution in [-0.4, -0.2) is 35.7 Å². The second kappa shape index (κ2) is 6.63. The van der Waals surface area contributed by atoms with Crippen molar-refractivity contribution in [3.05, 3.63) is 47.7 Å². The Labute approximate surface area is 146 Å². The van der Waals surface area contributed by atoms with Crippen LogP contribution in [0.3, 0.4) is 0 Å². The van der Waals surface area contributed by atoms with E-state index in [1.807, 2.05) is 41.4 Å². The number of ether oxygens (including phenoxy) is 2. The number of aromatic nitrogens is 1. The molecule has 2 aromatic rings. The Morgan fingerprint density at radius 2 is 2.04 bits per heavy atom. The summed E-state index contributed by atoms with van der Waals surface area (Å²) in [6.45, 7) is 1.87. The van der Waals surface area contributed by atoms with Crippen molar-refractivity contribution in [3.8, 4) is 11.5 Å². The van der Waals surface area contributed by atoms with Crippen molar-refractivity contribution in [1.82, 2.24) is 9.88 Å². The van der Waals surface area contributed by atoms with Crippen molar-refractivity contribution < 1.29 is 14.3 Å². The maximum absolute atomic E-state index is 12.6. The lowest BCUT2D eigenvalue weighted by molar-refractivity contribution is -0.129. The lowest BCUT2D eigenvalue weighted by Crippen LogP contribution is -2.30. The van der Waals surface area contributed by atoms with Crippen LogP contribution in [0.25, 0.3) is 0 Å². The number of anilines is 1. The number of hydrogen-bond acceptors (Lipinski definition) is 5. The van der Waals surface area contributed by atoms with Crippen LogP contribution in [0, 0.1) is 5.92 Å². The van der Waals surface area contributed by atoms with Crippen molar-refractivity contribution in [1.29, 1.82) is 0 Å². The molecule has 130 valence electrons. The third kappa shape index (κ3) is 3.52. The highest BCUT2D eigenvalue weighted by molar-refractivity contribution is 5.79. The molecule has 2 aliphatic rings. The van der Waals surface area contributed by atoms with Gasteiger partial charge in [0.2, 0.25) is 12.7 Å². The maximum atomic E-state index is 12.6. The topological polar surface area (TPSA) is 77.7 Å². The molecule has 2 aliphatic heterocycles. The van der Waals surface area contributed by atoms with Crippen LogP contribution >= 0.6 is 0 Å². The van der Waals surface area contributed by atoms with Crippen molar-refractivity contribution in [2.24, 2.45) is 5.92 Å².